The highest BCUT2D eigenvalue weighted by Crippen LogP contribution is 2.28. The molecule has 0 spiro atoms. The van der Waals surface area contributed by atoms with E-state index in [1.54, 1.807) is 30.7 Å². The van der Waals surface area contributed by atoms with Gasteiger partial charge < -0.3 is 10.2 Å². The molecule has 0 aromatic carbocycles. The van der Waals surface area contributed by atoms with Crippen LogP contribution in [0.2, 0.25) is 0 Å². The molecule has 108 valence electrons. The van der Waals surface area contributed by atoms with Gasteiger partial charge in [-0.2, -0.15) is 0 Å². The summed E-state index contributed by atoms with van der Waals surface area (Å²) < 4.78 is 0. The van der Waals surface area contributed by atoms with E-state index in [1.165, 1.54) is 0 Å². The van der Waals surface area contributed by atoms with E-state index < -0.39 is 5.60 Å². The average Bonchev–Trinajstić information content (AvgIpc) is 3.16. The fourth-order valence-electron chi connectivity index (χ4n) is 2.11. The molecule has 1 aliphatic heterocycles. The molecule has 2 aromatic rings. The number of carbonyl (C=O) groups is 1. The number of pyridine rings is 1. The molecule has 3 heterocycles. The van der Waals surface area contributed by atoms with Crippen molar-refractivity contribution >= 4 is 23.0 Å². The Morgan fingerprint density at radius 3 is 3.10 bits per heavy atom. The zero-order valence-electron chi connectivity index (χ0n) is 11.6. The minimum Gasteiger partial charge on any atom is -0.379 e. The lowest BCUT2D eigenvalue weighted by Gasteiger charge is -2.20. The highest BCUT2D eigenvalue weighted by molar-refractivity contribution is 7.12. The Hall–Kier alpha value is -2.21. The van der Waals surface area contributed by atoms with Crippen molar-refractivity contribution in [2.75, 3.05) is 0 Å². The van der Waals surface area contributed by atoms with Crippen LogP contribution < -0.4 is 5.32 Å². The molecule has 0 saturated heterocycles. The van der Waals surface area contributed by atoms with E-state index in [4.69, 9.17) is 4.84 Å². The second-order valence-electron chi connectivity index (χ2n) is 5.06. The van der Waals surface area contributed by atoms with Crippen molar-refractivity contribution in [1.82, 2.24) is 10.3 Å². The molecule has 6 heteroatoms. The first-order valence-electron chi connectivity index (χ1n) is 6.63. The van der Waals surface area contributed by atoms with Gasteiger partial charge in [-0.25, -0.2) is 0 Å². The number of rotatable bonds is 4. The number of thiophene rings is 1. The van der Waals surface area contributed by atoms with Crippen molar-refractivity contribution in [2.24, 2.45) is 5.16 Å². The Labute approximate surface area is 126 Å². The van der Waals surface area contributed by atoms with Gasteiger partial charge in [-0.05, 0) is 30.0 Å². The minimum atomic E-state index is -0.943. The number of nitrogens with zero attached hydrogens (tertiary/aromatic N) is 2. The maximum absolute atomic E-state index is 12.3. The number of nitrogens with one attached hydrogen (secondary N) is 1. The normalized spacial score (nSPS) is 20.7. The van der Waals surface area contributed by atoms with E-state index in [0.717, 1.165) is 16.2 Å². The lowest BCUT2D eigenvalue weighted by Crippen LogP contribution is -2.44. The van der Waals surface area contributed by atoms with E-state index in [1.807, 2.05) is 29.6 Å². The standard InChI is InChI=1S/C15H15N3O2S/c1-15(8-12(18-20-15)13-5-3-7-21-13)14(19)17-10-11-4-2-6-16-9-11/h2-7,9H,8,10H2,1H3,(H,17,19)/t15-/m1/s1. The number of hydrogen-bond acceptors (Lipinski definition) is 5. The van der Waals surface area contributed by atoms with Crippen molar-refractivity contribution < 1.29 is 9.63 Å². The molecule has 1 atom stereocenters. The van der Waals surface area contributed by atoms with E-state index in [9.17, 15) is 4.79 Å². The monoisotopic (exact) mass is 301 g/mol. The van der Waals surface area contributed by atoms with Crippen LogP contribution in [-0.4, -0.2) is 22.2 Å². The largest absolute Gasteiger partial charge is 0.379 e. The molecule has 0 bridgehead atoms. The fourth-order valence-corrected chi connectivity index (χ4v) is 2.81. The molecule has 1 aliphatic rings. The van der Waals surface area contributed by atoms with Gasteiger partial charge in [0.15, 0.2) is 0 Å². The van der Waals surface area contributed by atoms with E-state index in [0.29, 0.717) is 13.0 Å². The number of aromatic nitrogens is 1. The topological polar surface area (TPSA) is 63.6 Å². The van der Waals surface area contributed by atoms with Crippen LogP contribution in [-0.2, 0) is 16.2 Å². The van der Waals surface area contributed by atoms with Gasteiger partial charge in [0.05, 0.1) is 4.88 Å². The van der Waals surface area contributed by atoms with Gasteiger partial charge >= 0.3 is 0 Å². The van der Waals surface area contributed by atoms with Crippen LogP contribution in [0.1, 0.15) is 23.8 Å². The van der Waals surface area contributed by atoms with Crippen LogP contribution >= 0.6 is 11.3 Å². The van der Waals surface area contributed by atoms with Gasteiger partial charge in [0.25, 0.3) is 5.91 Å². The van der Waals surface area contributed by atoms with Crippen LogP contribution in [0.5, 0.6) is 0 Å². The number of amides is 1. The number of oxime groups is 1. The first-order valence-corrected chi connectivity index (χ1v) is 7.51. The van der Waals surface area contributed by atoms with Crippen LogP contribution in [0.4, 0.5) is 0 Å². The summed E-state index contributed by atoms with van der Waals surface area (Å²) in [5.41, 5.74) is 0.831. The SMILES string of the molecule is C[C@]1(C(=O)NCc2cccnc2)CC(c2cccs2)=NO1. The highest BCUT2D eigenvalue weighted by Gasteiger charge is 2.42. The van der Waals surface area contributed by atoms with Gasteiger partial charge in [-0.15, -0.1) is 11.3 Å². The molecule has 0 unspecified atom stereocenters. The second kappa shape index (κ2) is 5.65. The highest BCUT2D eigenvalue weighted by atomic mass is 32.1. The smallest absolute Gasteiger partial charge is 0.267 e. The summed E-state index contributed by atoms with van der Waals surface area (Å²) >= 11 is 1.59. The molecular formula is C15H15N3O2S. The Balaban J connectivity index is 1.61. The summed E-state index contributed by atoms with van der Waals surface area (Å²) in [7, 11) is 0. The molecule has 0 saturated carbocycles. The third-order valence-corrected chi connectivity index (χ3v) is 4.24. The number of hydrogen-bond donors (Lipinski definition) is 1. The quantitative estimate of drug-likeness (QED) is 0.942. The van der Waals surface area contributed by atoms with Gasteiger partial charge in [-0.3, -0.25) is 9.78 Å². The van der Waals surface area contributed by atoms with Crippen molar-refractivity contribution in [1.29, 1.82) is 0 Å². The summed E-state index contributed by atoms with van der Waals surface area (Å²) in [5.74, 6) is -0.165. The Morgan fingerprint density at radius 1 is 1.48 bits per heavy atom. The van der Waals surface area contributed by atoms with Gasteiger partial charge in [0.2, 0.25) is 5.60 Å². The van der Waals surface area contributed by atoms with E-state index in [-0.39, 0.29) is 5.91 Å². The molecule has 0 aliphatic carbocycles. The summed E-state index contributed by atoms with van der Waals surface area (Å²) in [6.45, 7) is 2.19. The minimum absolute atomic E-state index is 0.165. The maximum Gasteiger partial charge on any atom is 0.267 e. The predicted octanol–water partition coefficient (Wildman–Crippen LogP) is 2.34. The first kappa shape index (κ1) is 13.8. The number of carbonyl (C=O) groups excluding carboxylic acids is 1. The van der Waals surface area contributed by atoms with Crippen LogP contribution in [0.15, 0.2) is 47.2 Å². The van der Waals surface area contributed by atoms with E-state index >= 15 is 0 Å². The first-order chi connectivity index (χ1) is 10.2. The zero-order valence-corrected chi connectivity index (χ0v) is 12.4. The average molecular weight is 301 g/mol. The summed E-state index contributed by atoms with van der Waals surface area (Å²) in [6.07, 6.45) is 3.91. The maximum atomic E-state index is 12.3. The van der Waals surface area contributed by atoms with Gasteiger partial charge in [0.1, 0.15) is 5.71 Å². The van der Waals surface area contributed by atoms with Crippen molar-refractivity contribution in [3.63, 3.8) is 0 Å². The Morgan fingerprint density at radius 2 is 2.38 bits per heavy atom. The lowest BCUT2D eigenvalue weighted by atomic mass is 9.98. The molecule has 5 nitrogen and oxygen atoms in total. The molecule has 0 fully saturated rings. The molecule has 0 radical (unpaired) electrons. The molecule has 1 amide bonds. The second-order valence-corrected chi connectivity index (χ2v) is 6.01. The van der Waals surface area contributed by atoms with E-state index in [2.05, 4.69) is 15.5 Å². The van der Waals surface area contributed by atoms with Crippen LogP contribution in [0.25, 0.3) is 0 Å². The van der Waals surface area contributed by atoms with Gasteiger partial charge in [-0.1, -0.05) is 17.3 Å². The summed E-state index contributed by atoms with van der Waals surface area (Å²) in [6, 6.07) is 7.69. The van der Waals surface area contributed by atoms with Crippen LogP contribution in [0, 0.1) is 0 Å². The van der Waals surface area contributed by atoms with Crippen LogP contribution in [0.3, 0.4) is 0 Å². The molecular weight excluding hydrogens is 286 g/mol. The van der Waals surface area contributed by atoms with Gasteiger partial charge in [0, 0.05) is 25.4 Å². The third kappa shape index (κ3) is 2.95. The fraction of sp³-hybridized carbons (Fsp3) is 0.267. The summed E-state index contributed by atoms with van der Waals surface area (Å²) in [4.78, 5) is 22.8. The molecule has 2 aromatic heterocycles. The Bertz CT molecular complexity index is 655. The van der Waals surface area contributed by atoms with Crippen molar-refractivity contribution in [3.8, 4) is 0 Å². The Kier molecular flexibility index (Phi) is 3.70. The van der Waals surface area contributed by atoms with Crippen molar-refractivity contribution in [2.45, 2.75) is 25.5 Å². The molecule has 3 rings (SSSR count). The predicted molar refractivity (Wildman–Crippen MR) is 81.0 cm³/mol. The lowest BCUT2D eigenvalue weighted by molar-refractivity contribution is -0.141. The zero-order chi connectivity index (χ0) is 14.7. The molecule has 21 heavy (non-hydrogen) atoms. The third-order valence-electron chi connectivity index (χ3n) is 3.32. The summed E-state index contributed by atoms with van der Waals surface area (Å²) in [5, 5.41) is 8.92. The van der Waals surface area contributed by atoms with Crippen molar-refractivity contribution in [3.05, 3.63) is 52.5 Å². The molecule has 1 N–H and O–H groups in total.